The van der Waals surface area contributed by atoms with Crippen molar-refractivity contribution < 1.29 is 13.2 Å². The van der Waals surface area contributed by atoms with Gasteiger partial charge in [0.05, 0.1) is 10.7 Å². The minimum atomic E-state index is -4.64. The number of rotatable bonds is 3. The summed E-state index contributed by atoms with van der Waals surface area (Å²) < 4.78 is 37.8. The number of aromatic nitrogens is 3. The van der Waals surface area contributed by atoms with E-state index in [1.807, 2.05) is 26.2 Å². The summed E-state index contributed by atoms with van der Waals surface area (Å²) in [6.45, 7) is 6.11. The third-order valence-corrected chi connectivity index (χ3v) is 4.78. The first-order valence-corrected chi connectivity index (χ1v) is 8.18. The minimum absolute atomic E-state index is 0.0647. The van der Waals surface area contributed by atoms with Gasteiger partial charge < -0.3 is 4.98 Å². The lowest BCUT2D eigenvalue weighted by atomic mass is 9.98. The Bertz CT molecular complexity index is 716. The largest absolute Gasteiger partial charge is 0.433 e. The molecule has 0 saturated heterocycles. The predicted octanol–water partition coefficient (Wildman–Crippen LogP) is 3.84. The fourth-order valence-corrected chi connectivity index (χ4v) is 3.29. The average Bonchev–Trinajstić information content (AvgIpc) is 2.83. The molecule has 1 N–H and O–H groups in total. The number of alkyl halides is 3. The van der Waals surface area contributed by atoms with Crippen LogP contribution in [0.1, 0.15) is 37.2 Å². The van der Waals surface area contributed by atoms with Gasteiger partial charge in [-0.3, -0.25) is 4.79 Å². The topological polar surface area (TPSA) is 58.6 Å². The SMILES string of the molecule is CC(C)(C)c1nc(CSc2nc(C(F)(F)F)cc(=O)[nH]2)cs1. The smallest absolute Gasteiger partial charge is 0.301 e. The second-order valence-corrected chi connectivity index (χ2v) is 7.44. The van der Waals surface area contributed by atoms with Gasteiger partial charge in [-0.1, -0.05) is 32.5 Å². The Balaban J connectivity index is 2.14. The van der Waals surface area contributed by atoms with Crippen LogP contribution in [0.15, 0.2) is 21.4 Å². The van der Waals surface area contributed by atoms with Gasteiger partial charge in [-0.15, -0.1) is 11.3 Å². The van der Waals surface area contributed by atoms with Crippen molar-refractivity contribution in [2.75, 3.05) is 0 Å². The van der Waals surface area contributed by atoms with Crippen molar-refractivity contribution in [3.05, 3.63) is 38.2 Å². The van der Waals surface area contributed by atoms with Gasteiger partial charge in [0.15, 0.2) is 10.9 Å². The molecule has 2 heterocycles. The number of thiazole rings is 1. The van der Waals surface area contributed by atoms with E-state index in [2.05, 4.69) is 15.0 Å². The molecular formula is C13H14F3N3OS2. The van der Waals surface area contributed by atoms with Crippen LogP contribution in [0.4, 0.5) is 13.2 Å². The van der Waals surface area contributed by atoms with Crippen LogP contribution in [-0.2, 0) is 17.3 Å². The lowest BCUT2D eigenvalue weighted by molar-refractivity contribution is -0.141. The zero-order chi connectivity index (χ0) is 16.5. The summed E-state index contributed by atoms with van der Waals surface area (Å²) >= 11 is 2.52. The van der Waals surface area contributed by atoms with Crippen LogP contribution in [0.5, 0.6) is 0 Å². The maximum atomic E-state index is 12.6. The summed E-state index contributed by atoms with van der Waals surface area (Å²) in [5, 5.41) is 2.75. The fraction of sp³-hybridized carbons (Fsp3) is 0.462. The molecule has 0 spiro atoms. The Labute approximate surface area is 133 Å². The molecular weight excluding hydrogens is 335 g/mol. The number of thioether (sulfide) groups is 1. The van der Waals surface area contributed by atoms with Crippen molar-refractivity contribution >= 4 is 23.1 Å². The maximum Gasteiger partial charge on any atom is 0.433 e. The van der Waals surface area contributed by atoms with Crippen molar-refractivity contribution in [3.63, 3.8) is 0 Å². The number of H-pyrrole nitrogens is 1. The van der Waals surface area contributed by atoms with Gasteiger partial charge in [-0.2, -0.15) is 13.2 Å². The molecule has 0 fully saturated rings. The molecule has 4 nitrogen and oxygen atoms in total. The van der Waals surface area contributed by atoms with Gasteiger partial charge in [0.25, 0.3) is 5.56 Å². The van der Waals surface area contributed by atoms with Gasteiger partial charge >= 0.3 is 6.18 Å². The lowest BCUT2D eigenvalue weighted by Crippen LogP contribution is -2.16. The van der Waals surface area contributed by atoms with Gasteiger partial charge in [0, 0.05) is 22.6 Å². The van der Waals surface area contributed by atoms with E-state index >= 15 is 0 Å². The molecule has 0 aliphatic carbocycles. The van der Waals surface area contributed by atoms with E-state index in [4.69, 9.17) is 0 Å². The molecule has 0 unspecified atom stereocenters. The zero-order valence-electron chi connectivity index (χ0n) is 12.1. The predicted molar refractivity (Wildman–Crippen MR) is 80.2 cm³/mol. The molecule has 2 aromatic heterocycles. The van der Waals surface area contributed by atoms with E-state index in [1.165, 1.54) is 11.3 Å². The average molecular weight is 349 g/mol. The number of hydrogen-bond acceptors (Lipinski definition) is 5. The van der Waals surface area contributed by atoms with E-state index < -0.39 is 17.4 Å². The highest BCUT2D eigenvalue weighted by Gasteiger charge is 2.33. The van der Waals surface area contributed by atoms with E-state index in [0.29, 0.717) is 11.8 Å². The molecule has 0 aliphatic heterocycles. The van der Waals surface area contributed by atoms with E-state index in [-0.39, 0.29) is 10.6 Å². The Morgan fingerprint density at radius 1 is 1.27 bits per heavy atom. The highest BCUT2D eigenvalue weighted by atomic mass is 32.2. The Hall–Kier alpha value is -1.35. The molecule has 2 aromatic rings. The van der Waals surface area contributed by atoms with Crippen molar-refractivity contribution in [1.29, 1.82) is 0 Å². The number of aromatic amines is 1. The highest BCUT2D eigenvalue weighted by molar-refractivity contribution is 7.98. The lowest BCUT2D eigenvalue weighted by Gasteiger charge is -2.13. The first-order chi connectivity index (χ1) is 10.1. The number of hydrogen-bond donors (Lipinski definition) is 1. The molecule has 2 rings (SSSR count). The Morgan fingerprint density at radius 2 is 1.95 bits per heavy atom. The summed E-state index contributed by atoms with van der Waals surface area (Å²) in [7, 11) is 0. The van der Waals surface area contributed by atoms with Crippen molar-refractivity contribution in [3.8, 4) is 0 Å². The standard InChI is InChI=1S/C13H14F3N3OS2/c1-12(2,3)10-17-7(5-21-10)6-22-11-18-8(13(14,15)16)4-9(20)19-11/h4-5H,6H2,1-3H3,(H,18,19,20). The van der Waals surface area contributed by atoms with E-state index in [0.717, 1.165) is 22.5 Å². The number of nitrogens with one attached hydrogen (secondary N) is 1. The van der Waals surface area contributed by atoms with Crippen LogP contribution in [0.3, 0.4) is 0 Å². The Kier molecular flexibility index (Phi) is 4.67. The zero-order valence-corrected chi connectivity index (χ0v) is 13.7. The maximum absolute atomic E-state index is 12.6. The first-order valence-electron chi connectivity index (χ1n) is 6.32. The van der Waals surface area contributed by atoms with Crippen LogP contribution >= 0.6 is 23.1 Å². The van der Waals surface area contributed by atoms with Crippen LogP contribution in [0.2, 0.25) is 0 Å². The summed E-state index contributed by atoms with van der Waals surface area (Å²) in [5.74, 6) is 0.344. The summed E-state index contributed by atoms with van der Waals surface area (Å²) in [5.41, 5.74) is -1.33. The quantitative estimate of drug-likeness (QED) is 0.676. The molecule has 0 radical (unpaired) electrons. The summed E-state index contributed by atoms with van der Waals surface area (Å²) in [4.78, 5) is 21.5. The van der Waals surface area contributed by atoms with Crippen molar-refractivity contribution in [1.82, 2.24) is 15.0 Å². The second kappa shape index (κ2) is 6.04. The van der Waals surface area contributed by atoms with Crippen LogP contribution in [0.25, 0.3) is 0 Å². The van der Waals surface area contributed by atoms with Gasteiger partial charge in [-0.25, -0.2) is 9.97 Å². The monoisotopic (exact) mass is 349 g/mol. The molecule has 0 atom stereocenters. The third kappa shape index (κ3) is 4.33. The van der Waals surface area contributed by atoms with Crippen LogP contribution < -0.4 is 5.56 Å². The molecule has 0 aliphatic rings. The fourth-order valence-electron chi connectivity index (χ4n) is 1.51. The first kappa shape index (κ1) is 17.0. The second-order valence-electron chi connectivity index (χ2n) is 5.62. The Morgan fingerprint density at radius 3 is 2.50 bits per heavy atom. The molecule has 0 saturated carbocycles. The third-order valence-electron chi connectivity index (χ3n) is 2.56. The van der Waals surface area contributed by atoms with E-state index in [1.54, 1.807) is 0 Å². The van der Waals surface area contributed by atoms with Gasteiger partial charge in [0.1, 0.15) is 0 Å². The van der Waals surface area contributed by atoms with Crippen molar-refractivity contribution in [2.24, 2.45) is 0 Å². The molecule has 0 amide bonds. The van der Waals surface area contributed by atoms with Gasteiger partial charge in [0.2, 0.25) is 0 Å². The highest BCUT2D eigenvalue weighted by Crippen LogP contribution is 2.30. The summed E-state index contributed by atoms with van der Waals surface area (Å²) in [6.07, 6.45) is -4.64. The van der Waals surface area contributed by atoms with Crippen LogP contribution in [-0.4, -0.2) is 15.0 Å². The molecule has 0 aromatic carbocycles. The minimum Gasteiger partial charge on any atom is -0.301 e. The summed E-state index contributed by atoms with van der Waals surface area (Å²) in [6, 6.07) is 0.449. The normalized spacial score (nSPS) is 12.6. The van der Waals surface area contributed by atoms with Gasteiger partial charge in [-0.05, 0) is 0 Å². The molecule has 0 bridgehead atoms. The van der Waals surface area contributed by atoms with Crippen molar-refractivity contribution in [2.45, 2.75) is 43.3 Å². The van der Waals surface area contributed by atoms with E-state index in [9.17, 15) is 18.0 Å². The number of halogens is 3. The molecule has 120 valence electrons. The molecule has 22 heavy (non-hydrogen) atoms. The van der Waals surface area contributed by atoms with Crippen LogP contribution in [0, 0.1) is 0 Å². The molecule has 9 heteroatoms. The number of nitrogens with zero attached hydrogens (tertiary/aromatic N) is 2.